The van der Waals surface area contributed by atoms with Gasteiger partial charge in [-0.05, 0) is 60.2 Å². The van der Waals surface area contributed by atoms with Gasteiger partial charge in [0.05, 0.1) is 19.8 Å². The van der Waals surface area contributed by atoms with Crippen molar-refractivity contribution in [3.05, 3.63) is 83.9 Å². The van der Waals surface area contributed by atoms with Gasteiger partial charge in [-0.2, -0.15) is 13.2 Å². The quantitative estimate of drug-likeness (QED) is 0.298. The van der Waals surface area contributed by atoms with Crippen molar-refractivity contribution in [3.63, 3.8) is 0 Å². The molecule has 3 aromatic carbocycles. The van der Waals surface area contributed by atoms with Crippen molar-refractivity contribution in [3.8, 4) is 28.6 Å². The van der Waals surface area contributed by atoms with Crippen molar-refractivity contribution in [2.45, 2.75) is 17.1 Å². The normalized spacial score (nSPS) is 11.4. The van der Waals surface area contributed by atoms with E-state index < -0.39 is 11.7 Å². The number of rotatable bonds is 7. The van der Waals surface area contributed by atoms with E-state index in [1.165, 1.54) is 23.9 Å². The molecule has 4 aromatic rings. The molecule has 0 N–H and O–H groups in total. The van der Waals surface area contributed by atoms with Crippen LogP contribution >= 0.6 is 11.8 Å². The highest BCUT2D eigenvalue weighted by molar-refractivity contribution is 7.98. The number of nitrogens with zero attached hydrogens (tertiary/aromatic N) is 3. The fourth-order valence-corrected chi connectivity index (χ4v) is 4.28. The highest BCUT2D eigenvalue weighted by Crippen LogP contribution is 2.36. The van der Waals surface area contributed by atoms with Gasteiger partial charge in [0.15, 0.2) is 11.0 Å². The van der Waals surface area contributed by atoms with Gasteiger partial charge in [-0.25, -0.2) is 0 Å². The molecular formula is C24H20F3N3O2S. The number of hydrogen-bond acceptors (Lipinski definition) is 5. The van der Waals surface area contributed by atoms with E-state index in [1.807, 2.05) is 41.0 Å². The monoisotopic (exact) mass is 471 g/mol. The van der Waals surface area contributed by atoms with Crippen LogP contribution in [0, 0.1) is 0 Å². The molecule has 0 fully saturated rings. The molecule has 0 bridgehead atoms. The smallest absolute Gasteiger partial charge is 0.416 e. The second kappa shape index (κ2) is 9.58. The van der Waals surface area contributed by atoms with Crippen molar-refractivity contribution in [2.75, 3.05) is 14.2 Å². The molecule has 170 valence electrons. The SMILES string of the molecule is COc1ccc(-c2nnc(SCc3ccccc3C(F)(F)F)n2-c2ccc(OC)cc2)cc1. The molecule has 1 aromatic heterocycles. The first-order valence-corrected chi connectivity index (χ1v) is 10.9. The first-order valence-electron chi connectivity index (χ1n) is 9.93. The second-order valence-electron chi connectivity index (χ2n) is 7.01. The lowest BCUT2D eigenvalue weighted by atomic mass is 10.1. The zero-order valence-corrected chi connectivity index (χ0v) is 18.7. The molecule has 0 saturated heterocycles. The number of alkyl halides is 3. The molecule has 0 unspecified atom stereocenters. The van der Waals surface area contributed by atoms with Crippen molar-refractivity contribution >= 4 is 11.8 Å². The van der Waals surface area contributed by atoms with Crippen molar-refractivity contribution in [2.24, 2.45) is 0 Å². The van der Waals surface area contributed by atoms with Crippen LogP contribution in [0.2, 0.25) is 0 Å². The van der Waals surface area contributed by atoms with Crippen LogP contribution < -0.4 is 9.47 Å². The third-order valence-corrected chi connectivity index (χ3v) is 5.97. The van der Waals surface area contributed by atoms with Crippen LogP contribution in [0.1, 0.15) is 11.1 Å². The van der Waals surface area contributed by atoms with Gasteiger partial charge < -0.3 is 9.47 Å². The Hall–Kier alpha value is -3.46. The molecule has 0 radical (unpaired) electrons. The Labute approximate surface area is 193 Å². The zero-order chi connectivity index (χ0) is 23.4. The van der Waals surface area contributed by atoms with Crippen LogP contribution in [0.5, 0.6) is 11.5 Å². The predicted octanol–water partition coefficient (Wildman–Crippen LogP) is 6.26. The Kier molecular flexibility index (Phi) is 6.60. The van der Waals surface area contributed by atoms with E-state index in [2.05, 4.69) is 10.2 Å². The standard InChI is InChI=1S/C24H20F3N3O2S/c1-31-19-11-7-16(8-12-19)22-28-29-23(30(22)18-9-13-20(32-2)14-10-18)33-15-17-5-3-4-6-21(17)24(25,26)27/h3-14H,15H2,1-2H3. The molecule has 0 atom stereocenters. The molecule has 0 amide bonds. The van der Waals surface area contributed by atoms with Gasteiger partial charge in [0.1, 0.15) is 11.5 Å². The van der Waals surface area contributed by atoms with Crippen LogP contribution in [0.4, 0.5) is 13.2 Å². The van der Waals surface area contributed by atoms with Gasteiger partial charge in [0.2, 0.25) is 0 Å². The minimum Gasteiger partial charge on any atom is -0.497 e. The van der Waals surface area contributed by atoms with E-state index in [-0.39, 0.29) is 11.3 Å². The van der Waals surface area contributed by atoms with E-state index in [1.54, 1.807) is 32.4 Å². The van der Waals surface area contributed by atoms with Crippen molar-refractivity contribution in [1.29, 1.82) is 0 Å². The Morgan fingerprint density at radius 2 is 1.42 bits per heavy atom. The number of thioether (sulfide) groups is 1. The molecule has 9 heteroatoms. The van der Waals surface area contributed by atoms with Gasteiger partial charge in [-0.3, -0.25) is 4.57 Å². The third kappa shape index (κ3) is 4.98. The van der Waals surface area contributed by atoms with Crippen molar-refractivity contribution < 1.29 is 22.6 Å². The van der Waals surface area contributed by atoms with E-state index in [9.17, 15) is 13.2 Å². The topological polar surface area (TPSA) is 49.2 Å². The Morgan fingerprint density at radius 1 is 0.818 bits per heavy atom. The highest BCUT2D eigenvalue weighted by Gasteiger charge is 2.33. The summed E-state index contributed by atoms with van der Waals surface area (Å²) in [7, 11) is 3.17. The molecule has 0 aliphatic heterocycles. The minimum atomic E-state index is -4.42. The third-order valence-electron chi connectivity index (χ3n) is 4.99. The summed E-state index contributed by atoms with van der Waals surface area (Å²) in [5.41, 5.74) is 1.09. The highest BCUT2D eigenvalue weighted by atomic mass is 32.2. The summed E-state index contributed by atoms with van der Waals surface area (Å²) in [6.45, 7) is 0. The van der Waals surface area contributed by atoms with Crippen LogP contribution in [0.15, 0.2) is 78.0 Å². The van der Waals surface area contributed by atoms with Crippen LogP contribution in [0.3, 0.4) is 0 Å². The van der Waals surface area contributed by atoms with Crippen LogP contribution in [0.25, 0.3) is 17.1 Å². The summed E-state index contributed by atoms with van der Waals surface area (Å²) in [4.78, 5) is 0. The van der Waals surface area contributed by atoms with Gasteiger partial charge in [0, 0.05) is 17.0 Å². The lowest BCUT2D eigenvalue weighted by Crippen LogP contribution is -2.08. The Balaban J connectivity index is 1.73. The fraction of sp³-hybridized carbons (Fsp3) is 0.167. The summed E-state index contributed by atoms with van der Waals surface area (Å²) < 4.78 is 52.5. The number of ether oxygens (including phenoxy) is 2. The van der Waals surface area contributed by atoms with E-state index >= 15 is 0 Å². The lowest BCUT2D eigenvalue weighted by molar-refractivity contribution is -0.138. The molecule has 4 rings (SSSR count). The average molecular weight is 472 g/mol. The van der Waals surface area contributed by atoms with E-state index in [0.29, 0.717) is 22.5 Å². The molecule has 1 heterocycles. The maximum Gasteiger partial charge on any atom is 0.416 e. The summed E-state index contributed by atoms with van der Waals surface area (Å²) in [5.74, 6) is 2.04. The Bertz CT molecular complexity index is 1220. The first-order chi connectivity index (χ1) is 15.9. The molecule has 0 aliphatic carbocycles. The molecule has 0 spiro atoms. The number of hydrogen-bond donors (Lipinski definition) is 0. The number of aromatic nitrogens is 3. The maximum atomic E-state index is 13.4. The Morgan fingerprint density at radius 3 is 2.03 bits per heavy atom. The van der Waals surface area contributed by atoms with Crippen LogP contribution in [-0.4, -0.2) is 29.0 Å². The summed E-state index contributed by atoms with van der Waals surface area (Å²) in [6.07, 6.45) is -4.42. The van der Waals surface area contributed by atoms with Crippen LogP contribution in [-0.2, 0) is 11.9 Å². The van der Waals surface area contributed by atoms with Gasteiger partial charge >= 0.3 is 6.18 Å². The zero-order valence-electron chi connectivity index (χ0n) is 17.8. The summed E-state index contributed by atoms with van der Waals surface area (Å²) in [5, 5.41) is 9.11. The number of methoxy groups -OCH3 is 2. The molecule has 0 saturated carbocycles. The molecular weight excluding hydrogens is 451 g/mol. The molecule has 33 heavy (non-hydrogen) atoms. The molecule has 5 nitrogen and oxygen atoms in total. The van der Waals surface area contributed by atoms with Gasteiger partial charge in [0.25, 0.3) is 0 Å². The largest absolute Gasteiger partial charge is 0.497 e. The number of halogens is 3. The second-order valence-corrected chi connectivity index (χ2v) is 7.95. The predicted molar refractivity (Wildman–Crippen MR) is 121 cm³/mol. The first kappa shape index (κ1) is 22.7. The minimum absolute atomic E-state index is 0.0899. The average Bonchev–Trinajstić information content (AvgIpc) is 3.26. The van der Waals surface area contributed by atoms with Gasteiger partial charge in [-0.1, -0.05) is 30.0 Å². The summed E-state index contributed by atoms with van der Waals surface area (Å²) >= 11 is 1.19. The summed E-state index contributed by atoms with van der Waals surface area (Å²) in [6, 6.07) is 20.2. The fourth-order valence-electron chi connectivity index (χ4n) is 3.32. The molecule has 0 aliphatic rings. The van der Waals surface area contributed by atoms with E-state index in [0.717, 1.165) is 17.3 Å². The van der Waals surface area contributed by atoms with E-state index in [4.69, 9.17) is 9.47 Å². The number of benzene rings is 3. The maximum absolute atomic E-state index is 13.4. The lowest BCUT2D eigenvalue weighted by Gasteiger charge is -2.14. The van der Waals surface area contributed by atoms with Crippen molar-refractivity contribution in [1.82, 2.24) is 14.8 Å². The van der Waals surface area contributed by atoms with Gasteiger partial charge in [-0.15, -0.1) is 10.2 Å².